The first-order valence-corrected chi connectivity index (χ1v) is 11.0. The number of amides is 1. The van der Waals surface area contributed by atoms with Gasteiger partial charge in [-0.2, -0.15) is 0 Å². The molecule has 0 spiro atoms. The summed E-state index contributed by atoms with van der Waals surface area (Å²) in [5.74, 6) is 0.408. The molecule has 0 aliphatic rings. The SMILES string of the molecule is CC(=O)c1cccc(NC(=O)[C@H](Sc2n[nH]c(-c3cccs3)n2)c2ccccc2)c1. The fourth-order valence-corrected chi connectivity index (χ4v) is 4.43. The molecule has 0 saturated heterocycles. The van der Waals surface area contributed by atoms with Crippen LogP contribution in [0.2, 0.25) is 0 Å². The predicted molar refractivity (Wildman–Crippen MR) is 120 cm³/mol. The number of nitrogens with zero attached hydrogens (tertiary/aromatic N) is 2. The Balaban J connectivity index is 1.58. The second kappa shape index (κ2) is 9.06. The number of Topliss-reactive ketones (excluding diaryl/α,β-unsaturated/α-hetero) is 1. The normalized spacial score (nSPS) is 11.8. The summed E-state index contributed by atoms with van der Waals surface area (Å²) in [6.07, 6.45) is 0. The maximum atomic E-state index is 13.2. The number of thiophene rings is 1. The van der Waals surface area contributed by atoms with Crippen LogP contribution in [-0.4, -0.2) is 26.9 Å². The van der Waals surface area contributed by atoms with Gasteiger partial charge in [0.1, 0.15) is 5.25 Å². The molecular weight excluding hydrogens is 416 g/mol. The third-order valence-electron chi connectivity index (χ3n) is 4.32. The van der Waals surface area contributed by atoms with Crippen molar-refractivity contribution >= 4 is 40.5 Å². The number of rotatable bonds is 7. The van der Waals surface area contributed by atoms with Crippen molar-refractivity contribution in [1.82, 2.24) is 15.2 Å². The van der Waals surface area contributed by atoms with Crippen molar-refractivity contribution in [2.24, 2.45) is 0 Å². The number of benzene rings is 2. The van der Waals surface area contributed by atoms with Gasteiger partial charge >= 0.3 is 0 Å². The highest BCUT2D eigenvalue weighted by molar-refractivity contribution is 8.00. The van der Waals surface area contributed by atoms with E-state index in [-0.39, 0.29) is 11.7 Å². The first-order chi connectivity index (χ1) is 14.6. The van der Waals surface area contributed by atoms with E-state index < -0.39 is 5.25 Å². The maximum Gasteiger partial charge on any atom is 0.242 e. The minimum absolute atomic E-state index is 0.0538. The van der Waals surface area contributed by atoms with Gasteiger partial charge in [-0.15, -0.1) is 16.4 Å². The van der Waals surface area contributed by atoms with Crippen LogP contribution in [0.3, 0.4) is 0 Å². The standard InChI is InChI=1S/C22H18N4O2S2/c1-14(27)16-9-5-10-17(13-16)23-21(28)19(15-7-3-2-4-8-15)30-22-24-20(25-26-22)18-11-6-12-29-18/h2-13,19H,1H3,(H,23,28)(H,24,25,26)/t19-/m1/s1. The Labute approximate surface area is 181 Å². The van der Waals surface area contributed by atoms with Crippen LogP contribution in [0, 0.1) is 0 Å². The summed E-state index contributed by atoms with van der Waals surface area (Å²) in [4.78, 5) is 30.3. The molecule has 6 nitrogen and oxygen atoms in total. The summed E-state index contributed by atoms with van der Waals surface area (Å²) in [5.41, 5.74) is 1.96. The molecule has 4 rings (SSSR count). The van der Waals surface area contributed by atoms with Crippen molar-refractivity contribution < 1.29 is 9.59 Å². The van der Waals surface area contributed by atoms with Crippen molar-refractivity contribution in [2.45, 2.75) is 17.3 Å². The Kier molecular flexibility index (Phi) is 6.06. The van der Waals surface area contributed by atoms with Gasteiger partial charge in [-0.05, 0) is 36.1 Å². The Hall–Kier alpha value is -3.23. The third-order valence-corrected chi connectivity index (χ3v) is 6.31. The van der Waals surface area contributed by atoms with Crippen molar-refractivity contribution in [1.29, 1.82) is 0 Å². The van der Waals surface area contributed by atoms with E-state index in [1.165, 1.54) is 18.7 Å². The van der Waals surface area contributed by atoms with Crippen molar-refractivity contribution in [3.63, 3.8) is 0 Å². The molecule has 0 saturated carbocycles. The van der Waals surface area contributed by atoms with E-state index in [1.54, 1.807) is 35.6 Å². The van der Waals surface area contributed by atoms with E-state index in [0.29, 0.717) is 22.2 Å². The number of carbonyl (C=O) groups is 2. The average Bonchev–Trinajstić information content (AvgIpc) is 3.44. The molecule has 1 atom stereocenters. The zero-order valence-corrected chi connectivity index (χ0v) is 17.7. The summed E-state index contributed by atoms with van der Waals surface area (Å²) < 4.78 is 0. The van der Waals surface area contributed by atoms with Gasteiger partial charge < -0.3 is 5.32 Å². The minimum atomic E-state index is -0.556. The van der Waals surface area contributed by atoms with Crippen LogP contribution < -0.4 is 5.32 Å². The molecule has 0 unspecified atom stereocenters. The molecule has 1 amide bonds. The Morgan fingerprint density at radius 2 is 1.90 bits per heavy atom. The number of nitrogens with one attached hydrogen (secondary N) is 2. The summed E-state index contributed by atoms with van der Waals surface area (Å²) in [6.45, 7) is 1.50. The molecule has 2 N–H and O–H groups in total. The quantitative estimate of drug-likeness (QED) is 0.308. The van der Waals surface area contributed by atoms with E-state index >= 15 is 0 Å². The number of aromatic amines is 1. The predicted octanol–water partition coefficient (Wildman–Crippen LogP) is 5.21. The number of carbonyl (C=O) groups excluding carboxylic acids is 2. The molecule has 0 radical (unpaired) electrons. The van der Waals surface area contributed by atoms with Crippen molar-refractivity contribution in [3.05, 3.63) is 83.2 Å². The zero-order chi connectivity index (χ0) is 20.9. The number of thioether (sulfide) groups is 1. The smallest absolute Gasteiger partial charge is 0.242 e. The molecule has 2 heterocycles. The molecule has 0 bridgehead atoms. The molecule has 0 aliphatic heterocycles. The topological polar surface area (TPSA) is 87.7 Å². The largest absolute Gasteiger partial charge is 0.325 e. The van der Waals surface area contributed by atoms with Gasteiger partial charge in [0.2, 0.25) is 11.1 Å². The van der Waals surface area contributed by atoms with Gasteiger partial charge in [-0.3, -0.25) is 14.7 Å². The lowest BCUT2D eigenvalue weighted by molar-refractivity contribution is -0.115. The lowest BCUT2D eigenvalue weighted by atomic mass is 10.1. The van der Waals surface area contributed by atoms with Crippen LogP contribution >= 0.6 is 23.1 Å². The summed E-state index contributed by atoms with van der Waals surface area (Å²) in [5, 5.41) is 12.0. The molecule has 0 fully saturated rings. The summed E-state index contributed by atoms with van der Waals surface area (Å²) in [7, 11) is 0. The highest BCUT2D eigenvalue weighted by Gasteiger charge is 2.24. The maximum absolute atomic E-state index is 13.2. The van der Waals surface area contributed by atoms with E-state index in [0.717, 1.165) is 10.4 Å². The van der Waals surface area contributed by atoms with E-state index in [4.69, 9.17) is 0 Å². The molecule has 2 aromatic heterocycles. The molecule has 2 aromatic carbocycles. The average molecular weight is 435 g/mol. The molecular formula is C22H18N4O2S2. The van der Waals surface area contributed by atoms with Crippen molar-refractivity contribution in [3.8, 4) is 10.7 Å². The van der Waals surface area contributed by atoms with E-state index in [2.05, 4.69) is 20.5 Å². The minimum Gasteiger partial charge on any atom is -0.325 e. The Morgan fingerprint density at radius 1 is 1.07 bits per heavy atom. The fraction of sp³-hybridized carbons (Fsp3) is 0.0909. The van der Waals surface area contributed by atoms with E-state index in [1.807, 2.05) is 47.8 Å². The second-order valence-corrected chi connectivity index (χ2v) is 8.50. The first-order valence-electron chi connectivity index (χ1n) is 9.20. The van der Waals surface area contributed by atoms with Crippen LogP contribution in [0.15, 0.2) is 77.3 Å². The third kappa shape index (κ3) is 4.67. The second-order valence-electron chi connectivity index (χ2n) is 6.48. The van der Waals surface area contributed by atoms with Gasteiger partial charge in [0.05, 0.1) is 4.88 Å². The Bertz CT molecular complexity index is 1160. The van der Waals surface area contributed by atoms with Crippen LogP contribution in [0.5, 0.6) is 0 Å². The van der Waals surface area contributed by atoms with Crippen LogP contribution in [0.25, 0.3) is 10.7 Å². The van der Waals surface area contributed by atoms with Gasteiger partial charge in [0, 0.05) is 11.3 Å². The highest BCUT2D eigenvalue weighted by atomic mass is 32.2. The molecule has 8 heteroatoms. The van der Waals surface area contributed by atoms with Gasteiger partial charge in [-0.25, -0.2) is 4.98 Å². The molecule has 30 heavy (non-hydrogen) atoms. The first kappa shape index (κ1) is 20.1. The van der Waals surface area contributed by atoms with Gasteiger partial charge in [-0.1, -0.05) is 60.3 Å². The Morgan fingerprint density at radius 3 is 2.63 bits per heavy atom. The fourth-order valence-electron chi connectivity index (χ4n) is 2.85. The van der Waals surface area contributed by atoms with Crippen LogP contribution in [0.4, 0.5) is 5.69 Å². The molecule has 150 valence electrons. The number of aromatic nitrogens is 3. The van der Waals surface area contributed by atoms with Gasteiger partial charge in [0.25, 0.3) is 0 Å². The van der Waals surface area contributed by atoms with Crippen molar-refractivity contribution in [2.75, 3.05) is 5.32 Å². The van der Waals surface area contributed by atoms with Crippen LogP contribution in [0.1, 0.15) is 28.1 Å². The number of hydrogen-bond donors (Lipinski definition) is 2. The molecule has 4 aromatic rings. The lowest BCUT2D eigenvalue weighted by Crippen LogP contribution is -2.19. The number of hydrogen-bond acceptors (Lipinski definition) is 6. The number of anilines is 1. The lowest BCUT2D eigenvalue weighted by Gasteiger charge is -2.15. The highest BCUT2D eigenvalue weighted by Crippen LogP contribution is 2.35. The molecule has 0 aliphatic carbocycles. The number of H-pyrrole nitrogens is 1. The van der Waals surface area contributed by atoms with Gasteiger partial charge in [0.15, 0.2) is 11.6 Å². The monoisotopic (exact) mass is 434 g/mol. The van der Waals surface area contributed by atoms with Crippen LogP contribution in [-0.2, 0) is 4.79 Å². The summed E-state index contributed by atoms with van der Waals surface area (Å²) >= 11 is 2.84. The number of ketones is 1. The zero-order valence-electron chi connectivity index (χ0n) is 16.0. The summed E-state index contributed by atoms with van der Waals surface area (Å²) in [6, 6.07) is 20.3. The van der Waals surface area contributed by atoms with E-state index in [9.17, 15) is 9.59 Å².